The highest BCUT2D eigenvalue weighted by Gasteiger charge is 2.33. The van der Waals surface area contributed by atoms with Gasteiger partial charge in [-0.3, -0.25) is 11.3 Å². The van der Waals surface area contributed by atoms with Crippen molar-refractivity contribution in [3.63, 3.8) is 0 Å². The molecule has 0 bridgehead atoms. The molecular weight excluding hydrogens is 236 g/mol. The van der Waals surface area contributed by atoms with Gasteiger partial charge in [-0.2, -0.15) is 0 Å². The fourth-order valence-electron chi connectivity index (χ4n) is 3.04. The molecule has 1 saturated heterocycles. The molecular formula is C16H26N2O. The zero-order valence-electron chi connectivity index (χ0n) is 12.1. The molecule has 0 spiro atoms. The van der Waals surface area contributed by atoms with Crippen LogP contribution in [0.3, 0.4) is 0 Å². The summed E-state index contributed by atoms with van der Waals surface area (Å²) in [6.07, 6.45) is 4.60. The molecule has 1 aliphatic rings. The summed E-state index contributed by atoms with van der Waals surface area (Å²) in [7, 11) is 0. The Morgan fingerprint density at radius 3 is 2.53 bits per heavy atom. The van der Waals surface area contributed by atoms with Crippen LogP contribution in [-0.2, 0) is 17.6 Å². The van der Waals surface area contributed by atoms with Crippen LogP contribution in [0.4, 0.5) is 0 Å². The largest absolute Gasteiger partial charge is 0.378 e. The molecule has 3 atom stereocenters. The van der Waals surface area contributed by atoms with E-state index >= 15 is 0 Å². The molecule has 3 unspecified atom stereocenters. The van der Waals surface area contributed by atoms with E-state index in [0.717, 1.165) is 32.3 Å². The number of hydrazine groups is 1. The number of benzene rings is 1. The van der Waals surface area contributed by atoms with Crippen LogP contribution < -0.4 is 11.3 Å². The lowest BCUT2D eigenvalue weighted by atomic mass is 9.87. The van der Waals surface area contributed by atoms with Crippen molar-refractivity contribution in [1.29, 1.82) is 0 Å². The first kappa shape index (κ1) is 14.5. The molecule has 0 aliphatic carbocycles. The minimum absolute atomic E-state index is 0.305. The number of nitrogens with one attached hydrogen (secondary N) is 1. The molecule has 1 aliphatic heterocycles. The van der Waals surface area contributed by atoms with E-state index in [1.54, 1.807) is 0 Å². The Kier molecular flexibility index (Phi) is 5.37. The van der Waals surface area contributed by atoms with Crippen LogP contribution in [0.2, 0.25) is 0 Å². The molecule has 0 amide bonds. The molecule has 1 heterocycles. The summed E-state index contributed by atoms with van der Waals surface area (Å²) in [4.78, 5) is 0. The van der Waals surface area contributed by atoms with E-state index in [4.69, 9.17) is 10.6 Å². The Labute approximate surface area is 116 Å². The average Bonchev–Trinajstić information content (AvgIpc) is 2.93. The van der Waals surface area contributed by atoms with Crippen molar-refractivity contribution in [3.05, 3.63) is 35.4 Å². The van der Waals surface area contributed by atoms with Crippen molar-refractivity contribution < 1.29 is 4.74 Å². The van der Waals surface area contributed by atoms with Gasteiger partial charge < -0.3 is 4.74 Å². The number of nitrogens with two attached hydrogens (primary N) is 1. The predicted octanol–water partition coefficient (Wildman–Crippen LogP) is 2.44. The fraction of sp³-hybridized carbons (Fsp3) is 0.625. The third-order valence-corrected chi connectivity index (χ3v) is 4.28. The lowest BCUT2D eigenvalue weighted by molar-refractivity contribution is 0.0775. The molecule has 3 nitrogen and oxygen atoms in total. The molecule has 0 radical (unpaired) electrons. The smallest absolute Gasteiger partial charge is 0.0617 e. The normalized spacial score (nSPS) is 24.6. The Bertz CT molecular complexity index is 377. The first-order valence-corrected chi connectivity index (χ1v) is 7.44. The summed E-state index contributed by atoms with van der Waals surface area (Å²) >= 11 is 0. The van der Waals surface area contributed by atoms with E-state index < -0.39 is 0 Å². The number of hydrogen-bond donors (Lipinski definition) is 2. The number of ether oxygens (including phenoxy) is 1. The van der Waals surface area contributed by atoms with Gasteiger partial charge in [0.25, 0.3) is 0 Å². The lowest BCUT2D eigenvalue weighted by Crippen LogP contribution is -2.45. The summed E-state index contributed by atoms with van der Waals surface area (Å²) in [5.41, 5.74) is 5.74. The van der Waals surface area contributed by atoms with Crippen LogP contribution >= 0.6 is 0 Å². The van der Waals surface area contributed by atoms with Gasteiger partial charge in [0.15, 0.2) is 0 Å². The van der Waals surface area contributed by atoms with Crippen LogP contribution in [0, 0.1) is 5.92 Å². The maximum Gasteiger partial charge on any atom is 0.0617 e. The molecule has 0 saturated carbocycles. The van der Waals surface area contributed by atoms with Crippen LogP contribution in [0.15, 0.2) is 24.3 Å². The minimum Gasteiger partial charge on any atom is -0.378 e. The number of rotatable bonds is 6. The molecule has 3 N–H and O–H groups in total. The van der Waals surface area contributed by atoms with Crippen LogP contribution in [0.1, 0.15) is 37.8 Å². The van der Waals surface area contributed by atoms with Crippen molar-refractivity contribution in [1.82, 2.24) is 5.43 Å². The average molecular weight is 262 g/mol. The van der Waals surface area contributed by atoms with Gasteiger partial charge in [-0.15, -0.1) is 0 Å². The molecule has 3 heteroatoms. The Balaban J connectivity index is 2.01. The van der Waals surface area contributed by atoms with Gasteiger partial charge in [-0.25, -0.2) is 0 Å². The Hall–Kier alpha value is -0.900. The Morgan fingerprint density at radius 1 is 1.26 bits per heavy atom. The monoisotopic (exact) mass is 262 g/mol. The van der Waals surface area contributed by atoms with E-state index in [2.05, 4.69) is 43.5 Å². The first-order chi connectivity index (χ1) is 9.28. The maximum atomic E-state index is 5.78. The van der Waals surface area contributed by atoms with Crippen LogP contribution in [0.25, 0.3) is 0 Å². The van der Waals surface area contributed by atoms with Gasteiger partial charge in [0.05, 0.1) is 6.10 Å². The summed E-state index contributed by atoms with van der Waals surface area (Å²) in [5.74, 6) is 6.30. The van der Waals surface area contributed by atoms with Gasteiger partial charge in [0.1, 0.15) is 0 Å². The standard InChI is InChI=1S/C16H26N2O/c1-3-12-5-7-13(8-6-12)11-15(18-17)14-9-10-19-16(14)4-2/h5-8,14-16,18H,3-4,9-11,17H2,1-2H3. The second-order valence-electron chi connectivity index (χ2n) is 5.42. The molecule has 1 fully saturated rings. The van der Waals surface area contributed by atoms with Crippen molar-refractivity contribution in [2.75, 3.05) is 6.61 Å². The highest BCUT2D eigenvalue weighted by Crippen LogP contribution is 2.28. The summed E-state index contributed by atoms with van der Waals surface area (Å²) in [6.45, 7) is 5.24. The van der Waals surface area contributed by atoms with Crippen LogP contribution in [-0.4, -0.2) is 18.8 Å². The van der Waals surface area contributed by atoms with E-state index in [0.29, 0.717) is 18.1 Å². The number of aryl methyl sites for hydroxylation is 1. The second-order valence-corrected chi connectivity index (χ2v) is 5.42. The maximum absolute atomic E-state index is 5.78. The Morgan fingerprint density at radius 2 is 1.95 bits per heavy atom. The zero-order chi connectivity index (χ0) is 13.7. The molecule has 19 heavy (non-hydrogen) atoms. The molecule has 1 aromatic carbocycles. The van der Waals surface area contributed by atoms with E-state index in [1.165, 1.54) is 11.1 Å². The summed E-state index contributed by atoms with van der Waals surface area (Å²) < 4.78 is 5.78. The molecule has 106 valence electrons. The SMILES string of the molecule is CCc1ccc(CC(NN)C2CCOC2CC)cc1. The molecule has 1 aromatic rings. The summed E-state index contributed by atoms with van der Waals surface area (Å²) in [6, 6.07) is 9.18. The predicted molar refractivity (Wildman–Crippen MR) is 78.8 cm³/mol. The van der Waals surface area contributed by atoms with Crippen molar-refractivity contribution in [2.24, 2.45) is 11.8 Å². The highest BCUT2D eigenvalue weighted by atomic mass is 16.5. The highest BCUT2D eigenvalue weighted by molar-refractivity contribution is 5.23. The molecule has 2 rings (SSSR count). The number of hydrogen-bond acceptors (Lipinski definition) is 3. The van der Waals surface area contributed by atoms with Gasteiger partial charge in [-0.1, -0.05) is 38.1 Å². The van der Waals surface area contributed by atoms with Gasteiger partial charge in [-0.05, 0) is 36.8 Å². The third-order valence-electron chi connectivity index (χ3n) is 4.28. The summed E-state index contributed by atoms with van der Waals surface area (Å²) in [5, 5.41) is 0. The van der Waals surface area contributed by atoms with Crippen molar-refractivity contribution in [2.45, 2.75) is 51.7 Å². The zero-order valence-corrected chi connectivity index (χ0v) is 12.1. The topological polar surface area (TPSA) is 47.3 Å². The first-order valence-electron chi connectivity index (χ1n) is 7.44. The van der Waals surface area contributed by atoms with E-state index in [1.807, 2.05) is 0 Å². The molecule has 0 aromatic heterocycles. The second kappa shape index (κ2) is 7.04. The third kappa shape index (κ3) is 3.56. The fourth-order valence-corrected chi connectivity index (χ4v) is 3.04. The quantitative estimate of drug-likeness (QED) is 0.611. The van der Waals surface area contributed by atoms with Crippen molar-refractivity contribution >= 4 is 0 Å². The van der Waals surface area contributed by atoms with Crippen molar-refractivity contribution in [3.8, 4) is 0 Å². The van der Waals surface area contributed by atoms with E-state index in [9.17, 15) is 0 Å². The minimum atomic E-state index is 0.305. The lowest BCUT2D eigenvalue weighted by Gasteiger charge is -2.26. The van der Waals surface area contributed by atoms with Gasteiger partial charge in [0, 0.05) is 18.6 Å². The van der Waals surface area contributed by atoms with Gasteiger partial charge in [0.2, 0.25) is 0 Å². The van der Waals surface area contributed by atoms with E-state index in [-0.39, 0.29) is 0 Å². The van der Waals surface area contributed by atoms with Crippen LogP contribution in [0.5, 0.6) is 0 Å². The van der Waals surface area contributed by atoms with Gasteiger partial charge >= 0.3 is 0 Å².